The number of aromatic nitrogens is 2. The summed E-state index contributed by atoms with van der Waals surface area (Å²) in [7, 11) is 2.01. The molecule has 0 bridgehead atoms. The maximum absolute atomic E-state index is 9.29. The minimum atomic E-state index is 0.643. The first-order valence-electron chi connectivity index (χ1n) is 7.35. The van der Waals surface area contributed by atoms with Gasteiger partial charge in [0, 0.05) is 10.9 Å². The van der Waals surface area contributed by atoms with Gasteiger partial charge in [-0.25, -0.2) is 4.57 Å². The Morgan fingerprint density at radius 1 is 1.17 bits per heavy atom. The highest BCUT2D eigenvalue weighted by molar-refractivity contribution is 7.17. The van der Waals surface area contributed by atoms with Crippen LogP contribution in [0.1, 0.15) is 11.1 Å². The van der Waals surface area contributed by atoms with Crippen molar-refractivity contribution in [2.24, 2.45) is 7.05 Å². The maximum atomic E-state index is 9.29. The Labute approximate surface area is 138 Å². The van der Waals surface area contributed by atoms with E-state index in [4.69, 9.17) is 0 Å². The summed E-state index contributed by atoms with van der Waals surface area (Å²) >= 11 is 1.59. The van der Waals surface area contributed by atoms with E-state index in [1.807, 2.05) is 12.4 Å². The van der Waals surface area contributed by atoms with Crippen molar-refractivity contribution in [3.8, 4) is 17.3 Å². The third-order valence-corrected chi connectivity index (χ3v) is 5.16. The molecule has 4 heteroatoms. The van der Waals surface area contributed by atoms with E-state index in [1.165, 1.54) is 21.9 Å². The van der Waals surface area contributed by atoms with Crippen molar-refractivity contribution < 1.29 is 4.57 Å². The van der Waals surface area contributed by atoms with E-state index < -0.39 is 0 Å². The zero-order chi connectivity index (χ0) is 16.0. The van der Waals surface area contributed by atoms with Crippen molar-refractivity contribution in [1.29, 1.82) is 5.26 Å². The summed E-state index contributed by atoms with van der Waals surface area (Å²) < 4.78 is 3.11. The van der Waals surface area contributed by atoms with Gasteiger partial charge in [0.1, 0.15) is 16.3 Å². The van der Waals surface area contributed by atoms with E-state index in [-0.39, 0.29) is 0 Å². The number of hydrogen-bond donors (Lipinski definition) is 0. The van der Waals surface area contributed by atoms with Gasteiger partial charge < -0.3 is 0 Å². The zero-order valence-corrected chi connectivity index (χ0v) is 13.7. The zero-order valence-electron chi connectivity index (χ0n) is 12.9. The van der Waals surface area contributed by atoms with Crippen LogP contribution in [0.3, 0.4) is 0 Å². The topological polar surface area (TPSA) is 40.6 Å². The van der Waals surface area contributed by atoms with Gasteiger partial charge in [0.25, 0.3) is 6.33 Å². The molecule has 0 N–H and O–H groups in total. The molecule has 2 aromatic carbocycles. The van der Waals surface area contributed by atoms with Crippen molar-refractivity contribution in [2.75, 3.05) is 0 Å². The lowest BCUT2D eigenvalue weighted by molar-refractivity contribution is -0.662. The van der Waals surface area contributed by atoms with Gasteiger partial charge in [-0.2, -0.15) is 5.26 Å². The molecule has 0 atom stereocenters. The van der Waals surface area contributed by atoms with E-state index in [0.29, 0.717) is 5.56 Å². The van der Waals surface area contributed by atoms with Crippen LogP contribution >= 0.6 is 11.3 Å². The highest BCUT2D eigenvalue weighted by Gasteiger charge is 2.22. The summed E-state index contributed by atoms with van der Waals surface area (Å²) in [6.07, 6.45) is 1.80. The molecule has 0 unspecified atom stereocenters. The number of fused-ring (bicyclic) bond motifs is 2. The van der Waals surface area contributed by atoms with Crippen LogP contribution in [0.2, 0.25) is 0 Å². The van der Waals surface area contributed by atoms with Crippen LogP contribution in [0.5, 0.6) is 0 Å². The summed E-state index contributed by atoms with van der Waals surface area (Å²) in [6.45, 7) is 2.13. The van der Waals surface area contributed by atoms with Gasteiger partial charge in [-0.15, -0.1) is 11.3 Å². The number of aryl methyl sites for hydroxylation is 2. The van der Waals surface area contributed by atoms with Gasteiger partial charge in [-0.1, -0.05) is 36.4 Å². The van der Waals surface area contributed by atoms with Crippen molar-refractivity contribution in [3.05, 3.63) is 59.2 Å². The molecule has 23 heavy (non-hydrogen) atoms. The molecule has 4 aromatic rings. The molecule has 3 nitrogen and oxygen atoms in total. The van der Waals surface area contributed by atoms with E-state index in [0.717, 1.165) is 15.9 Å². The molecule has 4 rings (SSSR count). The number of thiophene rings is 1. The molecular weight excluding hydrogens is 302 g/mol. The van der Waals surface area contributed by atoms with Gasteiger partial charge in [0.15, 0.2) is 5.69 Å². The van der Waals surface area contributed by atoms with E-state index in [9.17, 15) is 5.26 Å². The lowest BCUT2D eigenvalue weighted by Crippen LogP contribution is -2.31. The van der Waals surface area contributed by atoms with Crippen molar-refractivity contribution in [2.45, 2.75) is 6.92 Å². The van der Waals surface area contributed by atoms with E-state index in [1.54, 1.807) is 17.7 Å². The quantitative estimate of drug-likeness (QED) is 0.496. The Morgan fingerprint density at radius 3 is 2.83 bits per heavy atom. The number of benzene rings is 2. The molecule has 110 valence electrons. The molecule has 0 spiro atoms. The van der Waals surface area contributed by atoms with Gasteiger partial charge in [0.2, 0.25) is 5.52 Å². The van der Waals surface area contributed by atoms with Crippen molar-refractivity contribution in [3.63, 3.8) is 0 Å². The lowest BCUT2D eigenvalue weighted by atomic mass is 9.96. The number of nitriles is 1. The average Bonchev–Trinajstić information content (AvgIpc) is 2.99. The minimum Gasteiger partial charge on any atom is -0.231 e. The molecule has 0 aliphatic rings. The van der Waals surface area contributed by atoms with Crippen LogP contribution in [0.25, 0.3) is 32.2 Å². The maximum Gasteiger partial charge on any atom is 0.287 e. The molecule has 0 fully saturated rings. The summed E-state index contributed by atoms with van der Waals surface area (Å²) in [4.78, 5) is 4.46. The number of rotatable bonds is 1. The molecule has 2 aromatic heterocycles. The third kappa shape index (κ3) is 2.01. The molecule has 0 radical (unpaired) electrons. The standard InChI is InChI=1S/C19H14N3S/c1-12-7-8-13-5-3-4-6-15(13)16(12)18-19-17(21-11-22(18)2)14(9-20)10-23-19/h3-8,10-11H,1-2H3/q+1. The second-order valence-corrected chi connectivity index (χ2v) is 6.50. The van der Waals surface area contributed by atoms with Crippen molar-refractivity contribution in [1.82, 2.24) is 4.98 Å². The highest BCUT2D eigenvalue weighted by atomic mass is 32.1. The van der Waals surface area contributed by atoms with Gasteiger partial charge >= 0.3 is 0 Å². The second-order valence-electron chi connectivity index (χ2n) is 5.62. The Balaban J connectivity index is 2.20. The Bertz CT molecular complexity index is 1100. The van der Waals surface area contributed by atoms with Crippen LogP contribution in [0.4, 0.5) is 0 Å². The van der Waals surface area contributed by atoms with E-state index >= 15 is 0 Å². The average molecular weight is 316 g/mol. The fourth-order valence-corrected chi connectivity index (χ4v) is 4.11. The summed E-state index contributed by atoms with van der Waals surface area (Å²) in [5.41, 5.74) is 4.99. The summed E-state index contributed by atoms with van der Waals surface area (Å²) in [6, 6.07) is 15.0. The highest BCUT2D eigenvalue weighted by Crippen LogP contribution is 2.36. The summed E-state index contributed by atoms with van der Waals surface area (Å²) in [5.74, 6) is 0. The lowest BCUT2D eigenvalue weighted by Gasteiger charge is -2.11. The first-order valence-corrected chi connectivity index (χ1v) is 8.23. The first kappa shape index (κ1) is 13.9. The van der Waals surface area contributed by atoms with Crippen LogP contribution in [-0.2, 0) is 7.05 Å². The van der Waals surface area contributed by atoms with Gasteiger partial charge in [-0.3, -0.25) is 0 Å². The monoisotopic (exact) mass is 316 g/mol. The smallest absolute Gasteiger partial charge is 0.231 e. The fourth-order valence-electron chi connectivity index (χ4n) is 3.07. The SMILES string of the molecule is Cc1ccc2ccccc2c1-c1c2scc(C#N)c2nc[n+]1C. The molecule has 0 saturated heterocycles. The molecule has 0 aliphatic heterocycles. The van der Waals surface area contributed by atoms with Crippen LogP contribution in [0.15, 0.2) is 48.1 Å². The molecule has 0 amide bonds. The molecule has 2 heterocycles. The van der Waals surface area contributed by atoms with E-state index in [2.05, 4.69) is 58.9 Å². The number of hydrogen-bond acceptors (Lipinski definition) is 3. The molecular formula is C19H14N3S+. The van der Waals surface area contributed by atoms with Crippen molar-refractivity contribution >= 4 is 32.3 Å². The molecule has 0 aliphatic carbocycles. The van der Waals surface area contributed by atoms with Gasteiger partial charge in [-0.05, 0) is 28.2 Å². The first-order chi connectivity index (χ1) is 11.2. The van der Waals surface area contributed by atoms with Crippen LogP contribution in [-0.4, -0.2) is 4.98 Å². The predicted molar refractivity (Wildman–Crippen MR) is 93.2 cm³/mol. The predicted octanol–water partition coefficient (Wildman–Crippen LogP) is 4.12. The second kappa shape index (κ2) is 5.15. The van der Waals surface area contributed by atoms with Crippen LogP contribution in [0, 0.1) is 18.3 Å². The van der Waals surface area contributed by atoms with Crippen LogP contribution < -0.4 is 4.57 Å². The molecule has 0 saturated carbocycles. The largest absolute Gasteiger partial charge is 0.287 e. The third-order valence-electron chi connectivity index (χ3n) is 4.19. The fraction of sp³-hybridized carbons (Fsp3) is 0.105. The number of nitrogens with zero attached hydrogens (tertiary/aromatic N) is 3. The Morgan fingerprint density at radius 2 is 2.00 bits per heavy atom. The Kier molecular flexibility index (Phi) is 3.10. The summed E-state index contributed by atoms with van der Waals surface area (Å²) in [5, 5.41) is 13.6. The normalized spacial score (nSPS) is 11.0. The van der Waals surface area contributed by atoms with Gasteiger partial charge in [0.05, 0.1) is 7.05 Å². The minimum absolute atomic E-state index is 0.643. The Hall–Kier alpha value is -2.77.